The predicted octanol–water partition coefficient (Wildman–Crippen LogP) is 1.96. The zero-order valence-corrected chi connectivity index (χ0v) is 12.2. The lowest BCUT2D eigenvalue weighted by Gasteiger charge is -2.19. The molecule has 1 saturated heterocycles. The van der Waals surface area contributed by atoms with Crippen molar-refractivity contribution in [3.63, 3.8) is 0 Å². The molecule has 1 aliphatic heterocycles. The quantitative estimate of drug-likeness (QED) is 0.862. The average Bonchev–Trinajstić information content (AvgIpc) is 2.90. The van der Waals surface area contributed by atoms with Crippen LogP contribution in [0.4, 0.5) is 11.9 Å². The lowest BCUT2D eigenvalue weighted by atomic mass is 10.2. The van der Waals surface area contributed by atoms with Gasteiger partial charge in [0.15, 0.2) is 0 Å². The van der Waals surface area contributed by atoms with Crippen molar-refractivity contribution in [3.05, 3.63) is 5.28 Å². The average molecular weight is 286 g/mol. The topological polar surface area (TPSA) is 63.2 Å². The number of rotatable bonds is 6. The van der Waals surface area contributed by atoms with Gasteiger partial charge in [-0.1, -0.05) is 0 Å². The van der Waals surface area contributed by atoms with Gasteiger partial charge >= 0.3 is 0 Å². The lowest BCUT2D eigenvalue weighted by Crippen LogP contribution is -2.26. The number of halogens is 1. The molecule has 2 heterocycles. The van der Waals surface area contributed by atoms with E-state index in [0.29, 0.717) is 18.4 Å². The standard InChI is InChI=1S/C12H20ClN5O/c1-3-18(4-2)12-16-10(13)15-11(17-12)14-8-9-6-5-7-19-9/h9H,3-8H2,1-2H3,(H,14,15,16,17). The number of aromatic nitrogens is 3. The van der Waals surface area contributed by atoms with Gasteiger partial charge in [0.2, 0.25) is 17.2 Å². The molecule has 1 aromatic rings. The molecule has 0 radical (unpaired) electrons. The first-order chi connectivity index (χ1) is 9.22. The summed E-state index contributed by atoms with van der Waals surface area (Å²) in [7, 11) is 0. The van der Waals surface area contributed by atoms with Crippen LogP contribution in [0.5, 0.6) is 0 Å². The second-order valence-corrected chi connectivity index (χ2v) is 4.75. The molecule has 106 valence electrons. The zero-order chi connectivity index (χ0) is 13.7. The first-order valence-electron chi connectivity index (χ1n) is 6.75. The van der Waals surface area contributed by atoms with Gasteiger partial charge < -0.3 is 15.0 Å². The van der Waals surface area contributed by atoms with Crippen LogP contribution in [0.15, 0.2) is 0 Å². The van der Waals surface area contributed by atoms with Crippen molar-refractivity contribution in [1.82, 2.24) is 15.0 Å². The molecule has 2 rings (SSSR count). The zero-order valence-electron chi connectivity index (χ0n) is 11.4. The summed E-state index contributed by atoms with van der Waals surface area (Å²) in [4.78, 5) is 14.7. The molecule has 1 fully saturated rings. The molecular weight excluding hydrogens is 266 g/mol. The molecule has 1 aromatic heterocycles. The van der Waals surface area contributed by atoms with E-state index in [1.165, 1.54) is 0 Å². The Kier molecular flexibility index (Phi) is 5.15. The molecule has 1 aliphatic rings. The van der Waals surface area contributed by atoms with Crippen LogP contribution < -0.4 is 10.2 Å². The summed E-state index contributed by atoms with van der Waals surface area (Å²) in [5.74, 6) is 1.12. The molecular formula is C12H20ClN5O. The van der Waals surface area contributed by atoms with Crippen molar-refractivity contribution in [1.29, 1.82) is 0 Å². The normalized spacial score (nSPS) is 18.6. The highest BCUT2D eigenvalue weighted by Crippen LogP contribution is 2.15. The maximum Gasteiger partial charge on any atom is 0.231 e. The fourth-order valence-corrected chi connectivity index (χ4v) is 2.23. The van der Waals surface area contributed by atoms with Crippen LogP contribution in [-0.4, -0.2) is 47.3 Å². The number of hydrogen-bond donors (Lipinski definition) is 1. The summed E-state index contributed by atoms with van der Waals surface area (Å²) in [5, 5.41) is 3.39. The summed E-state index contributed by atoms with van der Waals surface area (Å²) in [6, 6.07) is 0. The van der Waals surface area contributed by atoms with Crippen molar-refractivity contribution in [2.45, 2.75) is 32.8 Å². The Labute approximate surface area is 118 Å². The highest BCUT2D eigenvalue weighted by molar-refractivity contribution is 6.28. The largest absolute Gasteiger partial charge is 0.376 e. The van der Waals surface area contributed by atoms with Crippen LogP contribution in [0.25, 0.3) is 0 Å². The van der Waals surface area contributed by atoms with Gasteiger partial charge in [0.1, 0.15) is 0 Å². The Morgan fingerprint density at radius 3 is 2.74 bits per heavy atom. The second kappa shape index (κ2) is 6.86. The van der Waals surface area contributed by atoms with Crippen molar-refractivity contribution in [2.24, 2.45) is 0 Å². The van der Waals surface area contributed by atoms with Gasteiger partial charge in [0, 0.05) is 26.2 Å². The summed E-state index contributed by atoms with van der Waals surface area (Å²) < 4.78 is 5.55. The molecule has 7 heteroatoms. The van der Waals surface area contributed by atoms with E-state index in [1.807, 2.05) is 4.90 Å². The Balaban J connectivity index is 2.03. The van der Waals surface area contributed by atoms with Crippen molar-refractivity contribution < 1.29 is 4.74 Å². The van der Waals surface area contributed by atoms with E-state index in [-0.39, 0.29) is 11.4 Å². The van der Waals surface area contributed by atoms with E-state index in [4.69, 9.17) is 16.3 Å². The molecule has 0 aliphatic carbocycles. The third-order valence-corrected chi connectivity index (χ3v) is 3.32. The third kappa shape index (κ3) is 3.91. The Morgan fingerprint density at radius 1 is 1.32 bits per heavy atom. The summed E-state index contributed by atoms with van der Waals surface area (Å²) in [5.41, 5.74) is 0. The van der Waals surface area contributed by atoms with Crippen LogP contribution >= 0.6 is 11.6 Å². The van der Waals surface area contributed by atoms with Crippen LogP contribution in [0.3, 0.4) is 0 Å². The van der Waals surface area contributed by atoms with Crippen LogP contribution in [0, 0.1) is 0 Å². The molecule has 19 heavy (non-hydrogen) atoms. The Bertz CT molecular complexity index is 407. The maximum atomic E-state index is 5.94. The molecule has 1 N–H and O–H groups in total. The predicted molar refractivity (Wildman–Crippen MR) is 75.9 cm³/mol. The first kappa shape index (κ1) is 14.3. The highest BCUT2D eigenvalue weighted by Gasteiger charge is 2.16. The first-order valence-corrected chi connectivity index (χ1v) is 7.12. The van der Waals surface area contributed by atoms with E-state index in [2.05, 4.69) is 34.1 Å². The second-order valence-electron chi connectivity index (χ2n) is 4.42. The minimum atomic E-state index is 0.215. The van der Waals surface area contributed by atoms with Crippen LogP contribution in [-0.2, 0) is 4.74 Å². The number of anilines is 2. The number of hydrogen-bond acceptors (Lipinski definition) is 6. The van der Waals surface area contributed by atoms with E-state index in [0.717, 1.165) is 32.5 Å². The summed E-state index contributed by atoms with van der Waals surface area (Å²) in [6.45, 7) is 7.33. The molecule has 0 bridgehead atoms. The number of nitrogens with zero attached hydrogens (tertiary/aromatic N) is 4. The number of ether oxygens (including phenoxy) is 1. The minimum absolute atomic E-state index is 0.215. The van der Waals surface area contributed by atoms with E-state index in [9.17, 15) is 0 Å². The van der Waals surface area contributed by atoms with Gasteiger partial charge in [0.05, 0.1) is 6.10 Å². The molecule has 0 spiro atoms. The van der Waals surface area contributed by atoms with Crippen molar-refractivity contribution >= 4 is 23.5 Å². The molecule has 1 unspecified atom stereocenters. The lowest BCUT2D eigenvalue weighted by molar-refractivity contribution is 0.120. The van der Waals surface area contributed by atoms with Gasteiger partial charge in [-0.3, -0.25) is 0 Å². The summed E-state index contributed by atoms with van der Waals surface area (Å²) >= 11 is 5.94. The maximum absolute atomic E-state index is 5.94. The molecule has 0 amide bonds. The van der Waals surface area contributed by atoms with E-state index >= 15 is 0 Å². The fourth-order valence-electron chi connectivity index (χ4n) is 2.08. The monoisotopic (exact) mass is 285 g/mol. The van der Waals surface area contributed by atoms with Crippen molar-refractivity contribution in [3.8, 4) is 0 Å². The minimum Gasteiger partial charge on any atom is -0.376 e. The van der Waals surface area contributed by atoms with Gasteiger partial charge in [-0.05, 0) is 38.3 Å². The molecule has 6 nitrogen and oxygen atoms in total. The Morgan fingerprint density at radius 2 is 2.11 bits per heavy atom. The molecule has 1 atom stereocenters. The van der Waals surface area contributed by atoms with Gasteiger partial charge in [-0.2, -0.15) is 15.0 Å². The van der Waals surface area contributed by atoms with Crippen LogP contribution in [0.2, 0.25) is 5.28 Å². The van der Waals surface area contributed by atoms with E-state index in [1.54, 1.807) is 0 Å². The number of nitrogens with one attached hydrogen (secondary N) is 1. The van der Waals surface area contributed by atoms with Gasteiger partial charge in [0.25, 0.3) is 0 Å². The van der Waals surface area contributed by atoms with Gasteiger partial charge in [-0.25, -0.2) is 0 Å². The Hall–Kier alpha value is -1.14. The van der Waals surface area contributed by atoms with Crippen molar-refractivity contribution in [2.75, 3.05) is 36.5 Å². The summed E-state index contributed by atoms with van der Waals surface area (Å²) in [6.07, 6.45) is 2.44. The van der Waals surface area contributed by atoms with E-state index < -0.39 is 0 Å². The molecule has 0 aromatic carbocycles. The molecule has 0 saturated carbocycles. The van der Waals surface area contributed by atoms with Crippen LogP contribution in [0.1, 0.15) is 26.7 Å². The third-order valence-electron chi connectivity index (χ3n) is 3.15. The smallest absolute Gasteiger partial charge is 0.231 e. The highest BCUT2D eigenvalue weighted by atomic mass is 35.5. The fraction of sp³-hybridized carbons (Fsp3) is 0.750. The van der Waals surface area contributed by atoms with Gasteiger partial charge in [-0.15, -0.1) is 0 Å². The SMILES string of the molecule is CCN(CC)c1nc(Cl)nc(NCC2CCCO2)n1.